The smallest absolute Gasteiger partial charge is 0.320 e. The minimum atomic E-state index is -0.902. The molecule has 0 radical (unpaired) electrons. The summed E-state index contributed by atoms with van der Waals surface area (Å²) in [6.07, 6.45) is 1.22. The monoisotopic (exact) mass is 285 g/mol. The number of rotatable bonds is 3. The summed E-state index contributed by atoms with van der Waals surface area (Å²) in [5, 5.41) is 9.24. The number of urea groups is 1. The van der Waals surface area contributed by atoms with Crippen molar-refractivity contribution in [3.05, 3.63) is 0 Å². The maximum Gasteiger partial charge on any atom is 0.320 e. The molecule has 0 saturated carbocycles. The summed E-state index contributed by atoms with van der Waals surface area (Å²) in [5.41, 5.74) is -0.902. The molecule has 1 fully saturated rings. The fourth-order valence-electron chi connectivity index (χ4n) is 2.23. The van der Waals surface area contributed by atoms with Crippen molar-refractivity contribution in [2.45, 2.75) is 19.8 Å². The lowest BCUT2D eigenvalue weighted by atomic mass is 9.82. The second-order valence-corrected chi connectivity index (χ2v) is 5.82. The number of likely N-dealkylation sites (N-methyl/N-ethyl adjacent to an activating group) is 2. The van der Waals surface area contributed by atoms with Crippen LogP contribution in [0.1, 0.15) is 19.8 Å². The fraction of sp³-hybridized carbons (Fsp3) is 0.769. The first-order valence-corrected chi connectivity index (χ1v) is 6.61. The van der Waals surface area contributed by atoms with Crippen LogP contribution in [0.15, 0.2) is 0 Å². The molecule has 1 rings (SSSR count). The van der Waals surface area contributed by atoms with Gasteiger partial charge in [0.05, 0.1) is 5.41 Å². The van der Waals surface area contributed by atoms with E-state index in [-0.39, 0.29) is 25.0 Å². The molecule has 0 aliphatic carbocycles. The van der Waals surface area contributed by atoms with E-state index in [0.717, 1.165) is 0 Å². The van der Waals surface area contributed by atoms with Crippen LogP contribution >= 0.6 is 0 Å². The van der Waals surface area contributed by atoms with Crippen molar-refractivity contribution in [3.8, 4) is 0 Å². The van der Waals surface area contributed by atoms with Gasteiger partial charge in [-0.3, -0.25) is 9.59 Å². The van der Waals surface area contributed by atoms with Crippen LogP contribution in [-0.2, 0) is 9.59 Å². The van der Waals surface area contributed by atoms with Crippen molar-refractivity contribution in [1.82, 2.24) is 14.7 Å². The summed E-state index contributed by atoms with van der Waals surface area (Å²) in [6, 6.07) is -0.299. The van der Waals surface area contributed by atoms with E-state index in [0.29, 0.717) is 19.4 Å². The molecule has 1 saturated heterocycles. The van der Waals surface area contributed by atoms with E-state index >= 15 is 0 Å². The number of piperidine rings is 1. The summed E-state index contributed by atoms with van der Waals surface area (Å²) in [5.74, 6) is -1.05. The van der Waals surface area contributed by atoms with Crippen molar-refractivity contribution < 1.29 is 19.5 Å². The zero-order valence-corrected chi connectivity index (χ0v) is 12.5. The van der Waals surface area contributed by atoms with Gasteiger partial charge in [-0.05, 0) is 19.8 Å². The molecule has 1 unspecified atom stereocenters. The van der Waals surface area contributed by atoms with E-state index in [4.69, 9.17) is 0 Å². The number of hydrogen-bond donors (Lipinski definition) is 1. The van der Waals surface area contributed by atoms with E-state index in [1.165, 1.54) is 14.7 Å². The van der Waals surface area contributed by atoms with Gasteiger partial charge in [0.2, 0.25) is 5.91 Å². The largest absolute Gasteiger partial charge is 0.481 e. The molecule has 0 bridgehead atoms. The van der Waals surface area contributed by atoms with Crippen molar-refractivity contribution in [3.63, 3.8) is 0 Å². The Morgan fingerprint density at radius 2 is 1.85 bits per heavy atom. The van der Waals surface area contributed by atoms with Crippen LogP contribution in [-0.4, -0.2) is 78.5 Å². The van der Waals surface area contributed by atoms with Crippen LogP contribution in [0.3, 0.4) is 0 Å². The summed E-state index contributed by atoms with van der Waals surface area (Å²) in [6.45, 7) is 2.36. The number of carbonyl (C=O) groups excluding carboxylic acids is 2. The summed E-state index contributed by atoms with van der Waals surface area (Å²) >= 11 is 0. The highest BCUT2D eigenvalue weighted by molar-refractivity contribution is 5.84. The van der Waals surface area contributed by atoms with E-state index in [1.54, 1.807) is 28.1 Å². The van der Waals surface area contributed by atoms with Gasteiger partial charge in [0.15, 0.2) is 0 Å². The van der Waals surface area contributed by atoms with Gasteiger partial charge in [0, 0.05) is 34.2 Å². The Kier molecular flexibility index (Phi) is 4.97. The second kappa shape index (κ2) is 6.11. The SMILES string of the molecule is CN(C)C(=O)CN(C)C(=O)N1CCCC(C)(C(=O)O)C1. The van der Waals surface area contributed by atoms with Crippen LogP contribution in [0.2, 0.25) is 0 Å². The summed E-state index contributed by atoms with van der Waals surface area (Å²) in [7, 11) is 4.81. The third kappa shape index (κ3) is 3.61. The lowest BCUT2D eigenvalue weighted by Gasteiger charge is -2.39. The third-order valence-electron chi connectivity index (χ3n) is 3.68. The molecule has 1 N–H and O–H groups in total. The number of carbonyl (C=O) groups is 3. The van der Waals surface area contributed by atoms with Crippen molar-refractivity contribution in [2.75, 3.05) is 40.8 Å². The lowest BCUT2D eigenvalue weighted by Crippen LogP contribution is -2.53. The van der Waals surface area contributed by atoms with E-state index in [9.17, 15) is 19.5 Å². The van der Waals surface area contributed by atoms with Gasteiger partial charge in [-0.1, -0.05) is 0 Å². The Balaban J connectivity index is 2.67. The minimum Gasteiger partial charge on any atom is -0.481 e. The van der Waals surface area contributed by atoms with Gasteiger partial charge in [-0.15, -0.1) is 0 Å². The highest BCUT2D eigenvalue weighted by atomic mass is 16.4. The molecule has 1 aliphatic rings. The van der Waals surface area contributed by atoms with Crippen LogP contribution in [0.4, 0.5) is 4.79 Å². The zero-order chi connectivity index (χ0) is 15.5. The van der Waals surface area contributed by atoms with Gasteiger partial charge in [-0.2, -0.15) is 0 Å². The Hall–Kier alpha value is -1.79. The molecule has 1 atom stereocenters. The van der Waals surface area contributed by atoms with Gasteiger partial charge in [0.1, 0.15) is 6.54 Å². The first-order valence-electron chi connectivity index (χ1n) is 6.61. The molecular formula is C13H23N3O4. The average Bonchev–Trinajstić information content (AvgIpc) is 2.37. The third-order valence-corrected chi connectivity index (χ3v) is 3.68. The van der Waals surface area contributed by atoms with Gasteiger partial charge in [0.25, 0.3) is 0 Å². The molecule has 114 valence electrons. The normalized spacial score (nSPS) is 22.3. The maximum absolute atomic E-state index is 12.3. The molecule has 1 aliphatic heterocycles. The molecule has 0 spiro atoms. The second-order valence-electron chi connectivity index (χ2n) is 5.82. The topological polar surface area (TPSA) is 81.2 Å². The summed E-state index contributed by atoms with van der Waals surface area (Å²) < 4.78 is 0. The molecule has 0 aromatic carbocycles. The van der Waals surface area contributed by atoms with E-state index < -0.39 is 11.4 Å². The number of nitrogens with zero attached hydrogens (tertiary/aromatic N) is 3. The first-order chi connectivity index (χ1) is 9.17. The minimum absolute atomic E-state index is 0.00782. The van der Waals surface area contributed by atoms with Crippen LogP contribution in [0.25, 0.3) is 0 Å². The molecule has 7 nitrogen and oxygen atoms in total. The Labute approximate surface area is 119 Å². The molecule has 3 amide bonds. The standard InChI is InChI=1S/C13H23N3O4/c1-13(11(18)19)6-5-7-16(9-13)12(20)15(4)8-10(17)14(2)3/h5-9H2,1-4H3,(H,18,19). The molecular weight excluding hydrogens is 262 g/mol. The molecule has 0 aromatic heterocycles. The van der Waals surface area contributed by atoms with Crippen LogP contribution in [0.5, 0.6) is 0 Å². The number of hydrogen-bond acceptors (Lipinski definition) is 3. The van der Waals surface area contributed by atoms with Crippen molar-refractivity contribution in [1.29, 1.82) is 0 Å². The Bertz CT molecular complexity index is 410. The average molecular weight is 285 g/mol. The Morgan fingerprint density at radius 3 is 2.35 bits per heavy atom. The number of likely N-dealkylation sites (tertiary alicyclic amines) is 1. The number of amides is 3. The van der Waals surface area contributed by atoms with Gasteiger partial charge < -0.3 is 19.8 Å². The molecule has 0 aromatic rings. The highest BCUT2D eigenvalue weighted by Crippen LogP contribution is 2.30. The number of carboxylic acid groups (broad SMARTS) is 1. The first kappa shape index (κ1) is 16.3. The number of carboxylic acids is 1. The van der Waals surface area contributed by atoms with E-state index in [1.807, 2.05) is 0 Å². The fourth-order valence-corrected chi connectivity index (χ4v) is 2.23. The van der Waals surface area contributed by atoms with Crippen LogP contribution < -0.4 is 0 Å². The zero-order valence-electron chi connectivity index (χ0n) is 12.5. The lowest BCUT2D eigenvalue weighted by molar-refractivity contribution is -0.150. The highest BCUT2D eigenvalue weighted by Gasteiger charge is 2.40. The maximum atomic E-state index is 12.3. The quantitative estimate of drug-likeness (QED) is 0.809. The molecule has 1 heterocycles. The van der Waals surface area contributed by atoms with E-state index in [2.05, 4.69) is 0 Å². The summed E-state index contributed by atoms with van der Waals surface area (Å²) in [4.78, 5) is 39.4. The van der Waals surface area contributed by atoms with Crippen molar-refractivity contribution in [2.24, 2.45) is 5.41 Å². The van der Waals surface area contributed by atoms with Crippen molar-refractivity contribution >= 4 is 17.9 Å². The van der Waals surface area contributed by atoms with Gasteiger partial charge >= 0.3 is 12.0 Å². The molecule has 7 heteroatoms. The Morgan fingerprint density at radius 1 is 1.25 bits per heavy atom. The molecule has 20 heavy (non-hydrogen) atoms. The van der Waals surface area contributed by atoms with Gasteiger partial charge in [-0.25, -0.2) is 4.79 Å². The predicted octanol–water partition coefficient (Wildman–Crippen LogP) is 0.313. The number of aliphatic carboxylic acids is 1. The van der Waals surface area contributed by atoms with Crippen LogP contribution in [0, 0.1) is 5.41 Å². The predicted molar refractivity (Wildman–Crippen MR) is 73.3 cm³/mol.